The Morgan fingerprint density at radius 2 is 1.95 bits per heavy atom. The number of sulfonamides is 1. The molecule has 0 bridgehead atoms. The van der Waals surface area contributed by atoms with Gasteiger partial charge in [-0.05, 0) is 44.0 Å². The third kappa shape index (κ3) is 4.06. The zero-order chi connectivity index (χ0) is 15.6. The first kappa shape index (κ1) is 16.5. The number of aromatic nitrogens is 2. The average molecular weight is 439 g/mol. The van der Waals surface area contributed by atoms with Crippen LogP contribution in [0.2, 0.25) is 0 Å². The van der Waals surface area contributed by atoms with E-state index in [1.165, 1.54) is 12.1 Å². The number of hydrogen-bond donors (Lipinski definition) is 1. The number of aryl methyl sites for hydroxylation is 1. The van der Waals surface area contributed by atoms with Crippen molar-refractivity contribution in [2.45, 2.75) is 11.3 Å². The summed E-state index contributed by atoms with van der Waals surface area (Å²) in [5.41, 5.74) is 0. The van der Waals surface area contributed by atoms with E-state index in [-0.39, 0.29) is 4.90 Å². The van der Waals surface area contributed by atoms with Crippen molar-refractivity contribution in [3.05, 3.63) is 39.3 Å². The van der Waals surface area contributed by atoms with Crippen molar-refractivity contribution in [3.8, 4) is 5.75 Å². The van der Waals surface area contributed by atoms with Crippen LogP contribution in [0.25, 0.3) is 0 Å². The number of hydrogen-bond acceptors (Lipinski definition) is 4. The van der Waals surface area contributed by atoms with Crippen LogP contribution in [-0.2, 0) is 23.5 Å². The van der Waals surface area contributed by atoms with Crippen LogP contribution in [0, 0.1) is 0 Å². The standard InChI is InChI=1S/C12H13Br2N3O3S/c1-17-4-3-16-11(17)2-5-20-12-9(13)6-8(7-10(12)14)21(15,18)19/h3-4,6-7H,2,5H2,1H3,(H2,15,18,19). The van der Waals surface area contributed by atoms with Crippen LogP contribution in [0.4, 0.5) is 0 Å². The van der Waals surface area contributed by atoms with Gasteiger partial charge in [0.1, 0.15) is 11.6 Å². The lowest BCUT2D eigenvalue weighted by atomic mass is 10.3. The Morgan fingerprint density at radius 1 is 1.33 bits per heavy atom. The molecule has 0 atom stereocenters. The number of imidazole rings is 1. The van der Waals surface area contributed by atoms with Gasteiger partial charge >= 0.3 is 0 Å². The van der Waals surface area contributed by atoms with Crippen LogP contribution in [0.5, 0.6) is 5.75 Å². The van der Waals surface area contributed by atoms with Crippen molar-refractivity contribution < 1.29 is 13.2 Å². The molecule has 6 nitrogen and oxygen atoms in total. The fraction of sp³-hybridized carbons (Fsp3) is 0.250. The molecular formula is C12H13Br2N3O3S. The predicted octanol–water partition coefficient (Wildman–Crippen LogP) is 2.21. The SMILES string of the molecule is Cn1ccnc1CCOc1c(Br)cc(S(N)(=O)=O)cc1Br. The Hall–Kier alpha value is -0.900. The summed E-state index contributed by atoms with van der Waals surface area (Å²) in [5.74, 6) is 1.43. The molecule has 2 N–H and O–H groups in total. The van der Waals surface area contributed by atoms with E-state index >= 15 is 0 Å². The van der Waals surface area contributed by atoms with Gasteiger partial charge in [0, 0.05) is 25.9 Å². The van der Waals surface area contributed by atoms with Crippen molar-refractivity contribution in [2.24, 2.45) is 12.2 Å². The lowest BCUT2D eigenvalue weighted by Crippen LogP contribution is -2.12. The molecule has 2 rings (SSSR count). The summed E-state index contributed by atoms with van der Waals surface area (Å²) in [6.45, 7) is 0.413. The Morgan fingerprint density at radius 3 is 2.43 bits per heavy atom. The highest BCUT2D eigenvalue weighted by atomic mass is 79.9. The fourth-order valence-electron chi connectivity index (χ4n) is 1.72. The van der Waals surface area contributed by atoms with Gasteiger partial charge in [-0.3, -0.25) is 0 Å². The maximum atomic E-state index is 11.3. The van der Waals surface area contributed by atoms with Crippen molar-refractivity contribution in [1.82, 2.24) is 9.55 Å². The molecule has 0 aliphatic heterocycles. The summed E-state index contributed by atoms with van der Waals surface area (Å²) >= 11 is 6.58. The van der Waals surface area contributed by atoms with Crippen molar-refractivity contribution in [1.29, 1.82) is 0 Å². The summed E-state index contributed by atoms with van der Waals surface area (Å²) in [7, 11) is -1.84. The molecule has 0 saturated carbocycles. The van der Waals surface area contributed by atoms with E-state index in [1.807, 2.05) is 17.8 Å². The number of ether oxygens (including phenoxy) is 1. The van der Waals surface area contributed by atoms with E-state index in [0.717, 1.165) is 5.82 Å². The molecule has 0 aliphatic rings. The van der Waals surface area contributed by atoms with Gasteiger partial charge in [-0.2, -0.15) is 0 Å². The molecule has 0 radical (unpaired) electrons. The minimum absolute atomic E-state index is 0.0118. The zero-order valence-corrected chi connectivity index (χ0v) is 15.1. The van der Waals surface area contributed by atoms with Crippen LogP contribution in [0.15, 0.2) is 38.4 Å². The Labute approximate surface area is 139 Å². The molecule has 9 heteroatoms. The molecule has 1 aromatic carbocycles. The quantitative estimate of drug-likeness (QED) is 0.775. The van der Waals surface area contributed by atoms with Crippen LogP contribution in [-0.4, -0.2) is 24.6 Å². The molecule has 1 aromatic heterocycles. The molecule has 114 valence electrons. The summed E-state index contributed by atoms with van der Waals surface area (Å²) in [6.07, 6.45) is 4.23. The highest BCUT2D eigenvalue weighted by molar-refractivity contribution is 9.11. The average Bonchev–Trinajstić information content (AvgIpc) is 2.77. The number of rotatable bonds is 5. The summed E-state index contributed by atoms with van der Waals surface area (Å²) in [6, 6.07) is 2.83. The normalized spacial score (nSPS) is 11.6. The van der Waals surface area contributed by atoms with Crippen LogP contribution >= 0.6 is 31.9 Å². The van der Waals surface area contributed by atoms with Crippen LogP contribution in [0.1, 0.15) is 5.82 Å². The maximum absolute atomic E-state index is 11.3. The first-order chi connectivity index (χ1) is 9.79. The zero-order valence-electron chi connectivity index (χ0n) is 11.1. The third-order valence-electron chi connectivity index (χ3n) is 2.79. The molecule has 0 unspecified atom stereocenters. The van der Waals surface area contributed by atoms with E-state index in [1.54, 1.807) is 6.20 Å². The van der Waals surface area contributed by atoms with Gasteiger partial charge in [0.2, 0.25) is 10.0 Å². The lowest BCUT2D eigenvalue weighted by molar-refractivity contribution is 0.313. The van der Waals surface area contributed by atoms with Gasteiger partial charge < -0.3 is 9.30 Å². The Bertz CT molecular complexity index is 736. The molecular weight excluding hydrogens is 426 g/mol. The molecule has 0 aliphatic carbocycles. The van der Waals surface area contributed by atoms with Gasteiger partial charge in [-0.1, -0.05) is 0 Å². The number of primary sulfonamides is 1. The van der Waals surface area contributed by atoms with Gasteiger partial charge in [-0.15, -0.1) is 0 Å². The van der Waals surface area contributed by atoms with Gasteiger partial charge in [0.15, 0.2) is 0 Å². The largest absolute Gasteiger partial charge is 0.491 e. The van der Waals surface area contributed by atoms with Crippen LogP contribution in [0.3, 0.4) is 0 Å². The molecule has 2 aromatic rings. The highest BCUT2D eigenvalue weighted by Crippen LogP contribution is 2.35. The molecule has 0 spiro atoms. The van der Waals surface area contributed by atoms with Gasteiger partial charge in [0.05, 0.1) is 20.4 Å². The molecule has 21 heavy (non-hydrogen) atoms. The molecule has 1 heterocycles. The fourth-order valence-corrected chi connectivity index (χ4v) is 4.00. The smallest absolute Gasteiger partial charge is 0.238 e. The second-order valence-corrected chi connectivity index (χ2v) is 7.58. The Kier molecular flexibility index (Phi) is 5.07. The van der Waals surface area contributed by atoms with Gasteiger partial charge in [0.25, 0.3) is 0 Å². The van der Waals surface area contributed by atoms with E-state index in [0.29, 0.717) is 27.7 Å². The highest BCUT2D eigenvalue weighted by Gasteiger charge is 2.15. The minimum Gasteiger partial charge on any atom is -0.491 e. The minimum atomic E-state index is -3.76. The molecule has 0 amide bonds. The van der Waals surface area contributed by atoms with E-state index in [9.17, 15) is 8.42 Å². The maximum Gasteiger partial charge on any atom is 0.238 e. The second-order valence-electron chi connectivity index (χ2n) is 4.31. The third-order valence-corrected chi connectivity index (χ3v) is 4.86. The molecule has 0 saturated heterocycles. The number of nitrogens with zero attached hydrogens (tertiary/aromatic N) is 2. The number of nitrogens with two attached hydrogens (primary N) is 1. The predicted molar refractivity (Wildman–Crippen MR) is 85.6 cm³/mol. The summed E-state index contributed by atoms with van der Waals surface area (Å²) in [5, 5.41) is 5.10. The van der Waals surface area contributed by atoms with Gasteiger partial charge in [-0.25, -0.2) is 18.5 Å². The monoisotopic (exact) mass is 437 g/mol. The first-order valence-corrected chi connectivity index (χ1v) is 9.03. The first-order valence-electron chi connectivity index (χ1n) is 5.90. The Balaban J connectivity index is 2.12. The van der Waals surface area contributed by atoms with Crippen molar-refractivity contribution >= 4 is 41.9 Å². The molecule has 0 fully saturated rings. The number of halogens is 2. The lowest BCUT2D eigenvalue weighted by Gasteiger charge is -2.11. The summed E-state index contributed by atoms with van der Waals surface area (Å²) < 4.78 is 31.3. The van der Waals surface area contributed by atoms with Crippen molar-refractivity contribution in [3.63, 3.8) is 0 Å². The van der Waals surface area contributed by atoms with Crippen molar-refractivity contribution in [2.75, 3.05) is 6.61 Å². The van der Waals surface area contributed by atoms with Crippen LogP contribution < -0.4 is 9.88 Å². The van der Waals surface area contributed by atoms with E-state index in [4.69, 9.17) is 9.88 Å². The summed E-state index contributed by atoms with van der Waals surface area (Å²) in [4.78, 5) is 4.21. The van der Waals surface area contributed by atoms with E-state index < -0.39 is 10.0 Å². The number of benzene rings is 1. The van der Waals surface area contributed by atoms with E-state index in [2.05, 4.69) is 36.8 Å². The second kappa shape index (κ2) is 6.47. The topological polar surface area (TPSA) is 87.2 Å².